The van der Waals surface area contributed by atoms with Gasteiger partial charge in [0.15, 0.2) is 5.78 Å². The molecular weight excluding hydrogens is 305 g/mol. The number of hydrogen-bond donors (Lipinski definition) is 1. The van der Waals surface area contributed by atoms with E-state index in [1.165, 1.54) is 6.08 Å². The maximum absolute atomic E-state index is 12.2. The Hall–Kier alpha value is -1.77. The first-order valence-electron chi connectivity index (χ1n) is 6.47. The molecule has 0 amide bonds. The van der Waals surface area contributed by atoms with Crippen molar-refractivity contribution < 1.29 is 4.79 Å². The Morgan fingerprint density at radius 1 is 1.05 bits per heavy atom. The van der Waals surface area contributed by atoms with Crippen LogP contribution in [-0.2, 0) is 0 Å². The summed E-state index contributed by atoms with van der Waals surface area (Å²) in [4.78, 5) is 12.2. The van der Waals surface area contributed by atoms with Gasteiger partial charge in [-0.2, -0.15) is 0 Å². The van der Waals surface area contributed by atoms with Gasteiger partial charge in [0.2, 0.25) is 0 Å². The van der Waals surface area contributed by atoms with Crippen LogP contribution in [0.1, 0.15) is 21.5 Å². The highest BCUT2D eigenvalue weighted by Crippen LogP contribution is 2.25. The van der Waals surface area contributed by atoms with E-state index in [9.17, 15) is 4.79 Å². The SMILES string of the molecule is Cc1ccc(C)c(C(=O)/C=C/Nc2ccc(Cl)c(Cl)c2)c1. The second-order valence-electron chi connectivity index (χ2n) is 4.79. The number of carbonyl (C=O) groups excluding carboxylic acids is 1. The van der Waals surface area contributed by atoms with Crippen LogP contribution < -0.4 is 5.32 Å². The van der Waals surface area contributed by atoms with Crippen molar-refractivity contribution in [1.29, 1.82) is 0 Å². The molecule has 0 atom stereocenters. The topological polar surface area (TPSA) is 29.1 Å². The van der Waals surface area contributed by atoms with Crippen LogP contribution in [0.4, 0.5) is 5.69 Å². The van der Waals surface area contributed by atoms with E-state index in [1.807, 2.05) is 32.0 Å². The van der Waals surface area contributed by atoms with Gasteiger partial charge in [-0.1, -0.05) is 40.9 Å². The fourth-order valence-corrected chi connectivity index (χ4v) is 2.19. The first-order chi connectivity index (χ1) is 9.97. The number of allylic oxidation sites excluding steroid dienone is 1. The monoisotopic (exact) mass is 319 g/mol. The lowest BCUT2D eigenvalue weighted by molar-refractivity contribution is 0.104. The highest BCUT2D eigenvalue weighted by Gasteiger charge is 2.05. The van der Waals surface area contributed by atoms with Crippen LogP contribution in [0.25, 0.3) is 0 Å². The smallest absolute Gasteiger partial charge is 0.187 e. The minimum atomic E-state index is -0.0382. The van der Waals surface area contributed by atoms with Crippen molar-refractivity contribution in [3.63, 3.8) is 0 Å². The number of halogens is 2. The molecule has 108 valence electrons. The maximum Gasteiger partial charge on any atom is 0.187 e. The lowest BCUT2D eigenvalue weighted by Crippen LogP contribution is -1.99. The molecule has 2 aromatic rings. The molecule has 21 heavy (non-hydrogen) atoms. The van der Waals surface area contributed by atoms with Crippen LogP contribution in [0, 0.1) is 13.8 Å². The van der Waals surface area contributed by atoms with Gasteiger partial charge < -0.3 is 5.32 Å². The molecule has 2 aromatic carbocycles. The lowest BCUT2D eigenvalue weighted by Gasteiger charge is -2.04. The molecule has 0 radical (unpaired) electrons. The molecule has 0 aliphatic carbocycles. The molecule has 2 rings (SSSR count). The van der Waals surface area contributed by atoms with Crippen LogP contribution in [0.2, 0.25) is 10.0 Å². The number of benzene rings is 2. The van der Waals surface area contributed by atoms with Crippen molar-refractivity contribution >= 4 is 34.7 Å². The van der Waals surface area contributed by atoms with Gasteiger partial charge in [-0.25, -0.2) is 0 Å². The summed E-state index contributed by atoms with van der Waals surface area (Å²) in [5.41, 5.74) is 3.51. The molecule has 0 aliphatic heterocycles. The minimum Gasteiger partial charge on any atom is -0.362 e. The Balaban J connectivity index is 2.08. The fourth-order valence-electron chi connectivity index (χ4n) is 1.89. The van der Waals surface area contributed by atoms with Crippen molar-refractivity contribution in [2.75, 3.05) is 5.32 Å². The molecule has 0 aliphatic rings. The maximum atomic E-state index is 12.2. The van der Waals surface area contributed by atoms with E-state index in [4.69, 9.17) is 23.2 Å². The summed E-state index contributed by atoms with van der Waals surface area (Å²) >= 11 is 11.8. The van der Waals surface area contributed by atoms with Gasteiger partial charge in [-0.3, -0.25) is 4.79 Å². The minimum absolute atomic E-state index is 0.0382. The number of rotatable bonds is 4. The van der Waals surface area contributed by atoms with Gasteiger partial charge in [-0.05, 0) is 43.7 Å². The zero-order valence-electron chi connectivity index (χ0n) is 11.8. The summed E-state index contributed by atoms with van der Waals surface area (Å²) in [7, 11) is 0. The Morgan fingerprint density at radius 3 is 2.52 bits per heavy atom. The molecule has 2 nitrogen and oxygen atoms in total. The molecule has 0 spiro atoms. The van der Waals surface area contributed by atoms with E-state index in [-0.39, 0.29) is 5.78 Å². The molecule has 1 N–H and O–H groups in total. The van der Waals surface area contributed by atoms with Crippen LogP contribution >= 0.6 is 23.2 Å². The van der Waals surface area contributed by atoms with Crippen LogP contribution in [0.5, 0.6) is 0 Å². The highest BCUT2D eigenvalue weighted by molar-refractivity contribution is 6.42. The van der Waals surface area contributed by atoms with E-state index < -0.39 is 0 Å². The molecule has 0 saturated heterocycles. The fraction of sp³-hybridized carbons (Fsp3) is 0.118. The average molecular weight is 320 g/mol. The van der Waals surface area contributed by atoms with Gasteiger partial charge >= 0.3 is 0 Å². The van der Waals surface area contributed by atoms with Gasteiger partial charge in [0.25, 0.3) is 0 Å². The van der Waals surface area contributed by atoms with E-state index in [0.29, 0.717) is 15.6 Å². The zero-order valence-corrected chi connectivity index (χ0v) is 13.3. The standard InChI is InChI=1S/C17H15Cl2NO/c1-11-3-4-12(2)14(9-11)17(21)7-8-20-13-5-6-15(18)16(19)10-13/h3-10,20H,1-2H3/b8-7+. The summed E-state index contributed by atoms with van der Waals surface area (Å²) in [6.07, 6.45) is 3.11. The second kappa shape index (κ2) is 6.79. The molecule has 0 saturated carbocycles. The van der Waals surface area contributed by atoms with Crippen molar-refractivity contribution in [3.8, 4) is 0 Å². The van der Waals surface area contributed by atoms with Crippen LogP contribution in [0.3, 0.4) is 0 Å². The van der Waals surface area contributed by atoms with Gasteiger partial charge in [-0.15, -0.1) is 0 Å². The van der Waals surface area contributed by atoms with Crippen LogP contribution in [-0.4, -0.2) is 5.78 Å². The highest BCUT2D eigenvalue weighted by atomic mass is 35.5. The largest absolute Gasteiger partial charge is 0.362 e. The average Bonchev–Trinajstić information content (AvgIpc) is 2.45. The van der Waals surface area contributed by atoms with Crippen molar-refractivity contribution in [2.45, 2.75) is 13.8 Å². The Bertz CT molecular complexity index is 708. The first kappa shape index (κ1) is 15.6. The molecule has 4 heteroatoms. The predicted octanol–water partition coefficient (Wildman–Crippen LogP) is 5.42. The first-order valence-corrected chi connectivity index (χ1v) is 7.22. The third kappa shape index (κ3) is 4.10. The van der Waals surface area contributed by atoms with E-state index in [2.05, 4.69) is 5.32 Å². The van der Waals surface area contributed by atoms with E-state index in [0.717, 1.165) is 16.8 Å². The summed E-state index contributed by atoms with van der Waals surface area (Å²) in [5.74, 6) is -0.0382. The summed E-state index contributed by atoms with van der Waals surface area (Å²) in [5, 5.41) is 3.97. The molecule has 0 aromatic heterocycles. The van der Waals surface area contributed by atoms with E-state index >= 15 is 0 Å². The summed E-state index contributed by atoms with van der Waals surface area (Å²) in [6, 6.07) is 11.0. The zero-order chi connectivity index (χ0) is 15.4. The molecule has 0 heterocycles. The summed E-state index contributed by atoms with van der Waals surface area (Å²) in [6.45, 7) is 3.89. The van der Waals surface area contributed by atoms with Gasteiger partial charge in [0.1, 0.15) is 0 Å². The second-order valence-corrected chi connectivity index (χ2v) is 5.60. The quantitative estimate of drug-likeness (QED) is 0.602. The predicted molar refractivity (Wildman–Crippen MR) is 89.5 cm³/mol. The molecule has 0 unspecified atom stereocenters. The van der Waals surface area contributed by atoms with Crippen LogP contribution in [0.15, 0.2) is 48.7 Å². The van der Waals surface area contributed by atoms with Gasteiger partial charge in [0, 0.05) is 23.5 Å². The Morgan fingerprint density at radius 2 is 1.81 bits per heavy atom. The number of carbonyl (C=O) groups is 1. The number of aryl methyl sites for hydroxylation is 2. The molecular formula is C17H15Cl2NO. The number of hydrogen-bond acceptors (Lipinski definition) is 2. The Labute approximate surface area is 134 Å². The summed E-state index contributed by atoms with van der Waals surface area (Å²) < 4.78 is 0. The molecule has 0 bridgehead atoms. The lowest BCUT2D eigenvalue weighted by atomic mass is 10.0. The van der Waals surface area contributed by atoms with Crippen molar-refractivity contribution in [1.82, 2.24) is 0 Å². The third-order valence-electron chi connectivity index (χ3n) is 3.06. The number of anilines is 1. The Kier molecular flexibility index (Phi) is 5.05. The van der Waals surface area contributed by atoms with Crippen molar-refractivity contribution in [2.24, 2.45) is 0 Å². The molecule has 0 fully saturated rings. The normalized spacial score (nSPS) is 10.9. The van der Waals surface area contributed by atoms with E-state index in [1.54, 1.807) is 24.4 Å². The number of ketones is 1. The number of nitrogens with one attached hydrogen (secondary N) is 1. The van der Waals surface area contributed by atoms with Crippen molar-refractivity contribution in [3.05, 3.63) is 75.4 Å². The van der Waals surface area contributed by atoms with Gasteiger partial charge in [0.05, 0.1) is 10.0 Å². The third-order valence-corrected chi connectivity index (χ3v) is 3.80.